The normalized spacial score (nSPS) is 19.0. The maximum atomic E-state index is 12.5. The van der Waals surface area contributed by atoms with Crippen molar-refractivity contribution in [3.8, 4) is 0 Å². The van der Waals surface area contributed by atoms with Gasteiger partial charge in [-0.25, -0.2) is 4.79 Å². The van der Waals surface area contributed by atoms with Crippen molar-refractivity contribution in [3.63, 3.8) is 0 Å². The van der Waals surface area contributed by atoms with Crippen LogP contribution in [-0.4, -0.2) is 46.7 Å². The lowest BCUT2D eigenvalue weighted by atomic mass is 9.94. The number of nitrogens with zero attached hydrogens (tertiary/aromatic N) is 3. The Bertz CT molecular complexity index is 834. The molecule has 1 saturated carbocycles. The zero-order valence-corrected chi connectivity index (χ0v) is 16.4. The van der Waals surface area contributed by atoms with E-state index in [2.05, 4.69) is 15.5 Å². The molecule has 2 fully saturated rings. The summed E-state index contributed by atoms with van der Waals surface area (Å²) in [6, 6.07) is 9.42. The second-order valence-corrected chi connectivity index (χ2v) is 7.79. The molecule has 1 saturated heterocycles. The Labute approximate surface area is 169 Å². The van der Waals surface area contributed by atoms with Crippen LogP contribution in [0.4, 0.5) is 4.79 Å². The van der Waals surface area contributed by atoms with E-state index in [1.54, 1.807) is 4.90 Å². The number of hydrogen-bond donors (Lipinski definition) is 1. The fraction of sp³-hybridized carbons (Fsp3) is 0.524. The summed E-state index contributed by atoms with van der Waals surface area (Å²) in [7, 11) is 0. The van der Waals surface area contributed by atoms with E-state index in [4.69, 9.17) is 9.26 Å². The highest BCUT2D eigenvalue weighted by Crippen LogP contribution is 2.38. The predicted octanol–water partition coefficient (Wildman–Crippen LogP) is 2.65. The minimum atomic E-state index is -0.589. The summed E-state index contributed by atoms with van der Waals surface area (Å²) in [5.41, 5.74) is 0.902. The van der Waals surface area contributed by atoms with Crippen LogP contribution in [0.2, 0.25) is 0 Å². The summed E-state index contributed by atoms with van der Waals surface area (Å²) in [4.78, 5) is 30.6. The van der Waals surface area contributed by atoms with Crippen LogP contribution in [0, 0.1) is 5.92 Å². The van der Waals surface area contributed by atoms with Gasteiger partial charge in [-0.1, -0.05) is 35.5 Å². The van der Waals surface area contributed by atoms with E-state index in [1.807, 2.05) is 30.3 Å². The smallest absolute Gasteiger partial charge is 0.407 e. The van der Waals surface area contributed by atoms with Gasteiger partial charge in [0.05, 0.1) is 0 Å². The molecule has 1 aliphatic carbocycles. The van der Waals surface area contributed by atoms with Gasteiger partial charge < -0.3 is 19.5 Å². The molecule has 8 heteroatoms. The second kappa shape index (κ2) is 9.07. The highest BCUT2D eigenvalue weighted by atomic mass is 16.5. The third-order valence-corrected chi connectivity index (χ3v) is 5.36. The van der Waals surface area contributed by atoms with Crippen molar-refractivity contribution in [2.75, 3.05) is 19.6 Å². The molecule has 0 bridgehead atoms. The van der Waals surface area contributed by atoms with E-state index in [1.165, 1.54) is 0 Å². The molecule has 2 amide bonds. The van der Waals surface area contributed by atoms with Gasteiger partial charge in [-0.05, 0) is 37.2 Å². The SMILES string of the molecule is O=C(NCC(=O)N1CCCC(Cc2nc(C3CC3)no2)C1)OCc1ccccc1. The number of benzene rings is 1. The molecule has 8 nitrogen and oxygen atoms in total. The van der Waals surface area contributed by atoms with E-state index in [9.17, 15) is 9.59 Å². The molecule has 1 unspecified atom stereocenters. The maximum absolute atomic E-state index is 12.5. The van der Waals surface area contributed by atoms with Crippen LogP contribution in [0.1, 0.15) is 48.9 Å². The minimum Gasteiger partial charge on any atom is -0.445 e. The summed E-state index contributed by atoms with van der Waals surface area (Å²) < 4.78 is 10.5. The van der Waals surface area contributed by atoms with Crippen molar-refractivity contribution in [1.82, 2.24) is 20.4 Å². The Hall–Kier alpha value is -2.90. The van der Waals surface area contributed by atoms with Crippen LogP contribution in [-0.2, 0) is 22.6 Å². The van der Waals surface area contributed by atoms with Crippen LogP contribution in [0.3, 0.4) is 0 Å². The van der Waals surface area contributed by atoms with Crippen molar-refractivity contribution in [1.29, 1.82) is 0 Å². The summed E-state index contributed by atoms with van der Waals surface area (Å²) in [6.45, 7) is 1.46. The quantitative estimate of drug-likeness (QED) is 0.770. The lowest BCUT2D eigenvalue weighted by Gasteiger charge is -2.32. The van der Waals surface area contributed by atoms with Crippen molar-refractivity contribution in [3.05, 3.63) is 47.6 Å². The number of likely N-dealkylation sites (tertiary alicyclic amines) is 1. The number of ether oxygens (including phenoxy) is 1. The lowest BCUT2D eigenvalue weighted by Crippen LogP contribution is -2.45. The molecule has 1 aromatic carbocycles. The van der Waals surface area contributed by atoms with Gasteiger partial charge in [-0.3, -0.25) is 4.79 Å². The number of amides is 2. The first-order chi connectivity index (χ1) is 14.2. The Morgan fingerprint density at radius 3 is 2.83 bits per heavy atom. The average molecular weight is 398 g/mol. The Morgan fingerprint density at radius 2 is 2.03 bits per heavy atom. The molecule has 2 aliphatic rings. The zero-order chi connectivity index (χ0) is 20.1. The lowest BCUT2D eigenvalue weighted by molar-refractivity contribution is -0.132. The maximum Gasteiger partial charge on any atom is 0.407 e. The van der Waals surface area contributed by atoms with Crippen molar-refractivity contribution < 1.29 is 18.8 Å². The molecule has 0 spiro atoms. The van der Waals surface area contributed by atoms with E-state index < -0.39 is 6.09 Å². The van der Waals surface area contributed by atoms with Gasteiger partial charge in [-0.15, -0.1) is 0 Å². The standard InChI is InChI=1S/C21H26N4O4/c26-19(12-22-21(27)28-14-15-5-2-1-3-6-15)25-10-4-7-16(13-25)11-18-23-20(24-29-18)17-8-9-17/h1-3,5-6,16-17H,4,7-14H2,(H,22,27). The van der Waals surface area contributed by atoms with E-state index in [-0.39, 0.29) is 19.1 Å². The minimum absolute atomic E-state index is 0.0628. The first-order valence-electron chi connectivity index (χ1n) is 10.2. The summed E-state index contributed by atoms with van der Waals surface area (Å²) in [6.07, 6.45) is 4.34. The molecular formula is C21H26N4O4. The van der Waals surface area contributed by atoms with Crippen LogP contribution in [0.15, 0.2) is 34.9 Å². The van der Waals surface area contributed by atoms with Crippen LogP contribution in [0.5, 0.6) is 0 Å². The Morgan fingerprint density at radius 1 is 1.21 bits per heavy atom. The third kappa shape index (κ3) is 5.56. The van der Waals surface area contributed by atoms with Gasteiger partial charge >= 0.3 is 6.09 Å². The number of aromatic nitrogens is 2. The summed E-state index contributed by atoms with van der Waals surface area (Å²) in [5.74, 6) is 2.15. The molecule has 1 aromatic heterocycles. The van der Waals surface area contributed by atoms with Crippen molar-refractivity contribution in [2.24, 2.45) is 5.92 Å². The third-order valence-electron chi connectivity index (χ3n) is 5.36. The number of rotatable bonds is 7. The van der Waals surface area contributed by atoms with Gasteiger partial charge in [0.25, 0.3) is 0 Å². The first kappa shape index (κ1) is 19.4. The topological polar surface area (TPSA) is 97.6 Å². The number of carbonyl (C=O) groups is 2. The Balaban J connectivity index is 1.19. The van der Waals surface area contributed by atoms with Crippen molar-refractivity contribution >= 4 is 12.0 Å². The Kier molecular flexibility index (Phi) is 6.07. The second-order valence-electron chi connectivity index (χ2n) is 7.79. The molecule has 1 aliphatic heterocycles. The van der Waals surface area contributed by atoms with Crippen LogP contribution >= 0.6 is 0 Å². The molecule has 154 valence electrons. The molecule has 4 rings (SSSR count). The average Bonchev–Trinajstić information content (AvgIpc) is 3.50. The highest BCUT2D eigenvalue weighted by molar-refractivity contribution is 5.82. The molecule has 29 heavy (non-hydrogen) atoms. The van der Waals surface area contributed by atoms with Gasteiger partial charge in [0.15, 0.2) is 5.82 Å². The number of carbonyl (C=O) groups excluding carboxylic acids is 2. The number of piperidine rings is 1. The van der Waals surface area contributed by atoms with Gasteiger partial charge in [0.1, 0.15) is 13.2 Å². The predicted molar refractivity (Wildman–Crippen MR) is 104 cm³/mol. The fourth-order valence-corrected chi connectivity index (χ4v) is 3.60. The first-order valence-corrected chi connectivity index (χ1v) is 10.2. The summed E-state index contributed by atoms with van der Waals surface area (Å²) in [5, 5.41) is 6.60. The molecule has 0 radical (unpaired) electrons. The van der Waals surface area contributed by atoms with Gasteiger partial charge in [0, 0.05) is 25.4 Å². The monoisotopic (exact) mass is 398 g/mol. The van der Waals surface area contributed by atoms with Crippen LogP contribution in [0.25, 0.3) is 0 Å². The molecule has 1 atom stereocenters. The highest BCUT2D eigenvalue weighted by Gasteiger charge is 2.30. The van der Waals surface area contributed by atoms with Crippen molar-refractivity contribution in [2.45, 2.75) is 44.6 Å². The largest absolute Gasteiger partial charge is 0.445 e. The van der Waals surface area contributed by atoms with E-state index in [0.29, 0.717) is 37.2 Å². The molecule has 2 heterocycles. The summed E-state index contributed by atoms with van der Waals surface area (Å²) >= 11 is 0. The number of hydrogen-bond acceptors (Lipinski definition) is 6. The van der Waals surface area contributed by atoms with Gasteiger partial charge in [-0.2, -0.15) is 4.98 Å². The molecular weight excluding hydrogens is 372 g/mol. The van der Waals surface area contributed by atoms with Crippen LogP contribution < -0.4 is 5.32 Å². The molecule has 1 N–H and O–H groups in total. The fourth-order valence-electron chi connectivity index (χ4n) is 3.60. The number of nitrogens with one attached hydrogen (secondary N) is 1. The van der Waals surface area contributed by atoms with E-state index >= 15 is 0 Å². The number of alkyl carbamates (subject to hydrolysis) is 1. The van der Waals surface area contributed by atoms with E-state index in [0.717, 1.165) is 37.1 Å². The zero-order valence-electron chi connectivity index (χ0n) is 16.4. The molecule has 2 aromatic rings. The van der Waals surface area contributed by atoms with Gasteiger partial charge in [0.2, 0.25) is 11.8 Å².